The van der Waals surface area contributed by atoms with Crippen molar-refractivity contribution in [1.29, 1.82) is 0 Å². The van der Waals surface area contributed by atoms with Crippen LogP contribution in [0.4, 0.5) is 15.1 Å². The summed E-state index contributed by atoms with van der Waals surface area (Å²) in [7, 11) is 0. The molecule has 5 nitrogen and oxygen atoms in total. The largest absolute Gasteiger partial charge is 0.441 e. The fourth-order valence-electron chi connectivity index (χ4n) is 2.66. The third-order valence-corrected chi connectivity index (χ3v) is 5.00. The number of halogens is 1. The van der Waals surface area contributed by atoms with Gasteiger partial charge in [0.25, 0.3) is 11.1 Å². The molecule has 3 rings (SSSR count). The number of hydrogen-bond acceptors (Lipinski definition) is 5. The van der Waals surface area contributed by atoms with Crippen LogP contribution in [0.3, 0.4) is 0 Å². The molecule has 7 heteroatoms. The predicted molar refractivity (Wildman–Crippen MR) is 100 cm³/mol. The van der Waals surface area contributed by atoms with E-state index in [2.05, 4.69) is 4.90 Å². The predicted octanol–water partition coefficient (Wildman–Crippen LogP) is 4.50. The Labute approximate surface area is 155 Å². The number of amides is 2. The average molecular weight is 374 g/mol. The Morgan fingerprint density at radius 2 is 1.81 bits per heavy atom. The molecule has 1 saturated heterocycles. The lowest BCUT2D eigenvalue weighted by Gasteiger charge is -2.16. The number of nitrogens with zero attached hydrogens (tertiary/aromatic N) is 2. The van der Waals surface area contributed by atoms with Crippen molar-refractivity contribution in [2.24, 2.45) is 0 Å². The van der Waals surface area contributed by atoms with Gasteiger partial charge in [-0.25, -0.2) is 4.39 Å². The zero-order valence-electron chi connectivity index (χ0n) is 14.6. The fraction of sp³-hybridized carbons (Fsp3) is 0.263. The lowest BCUT2D eigenvalue weighted by molar-refractivity contribution is -0.123. The molecule has 1 fully saturated rings. The fourth-order valence-corrected chi connectivity index (χ4v) is 3.48. The van der Waals surface area contributed by atoms with E-state index in [-0.39, 0.29) is 23.5 Å². The first-order chi connectivity index (χ1) is 12.5. The van der Waals surface area contributed by atoms with Crippen LogP contribution in [0.2, 0.25) is 0 Å². The van der Waals surface area contributed by atoms with E-state index in [1.165, 1.54) is 12.1 Å². The Hall–Kier alpha value is -2.54. The zero-order chi connectivity index (χ0) is 18.7. The molecule has 0 atom stereocenters. The van der Waals surface area contributed by atoms with Crippen LogP contribution in [0.1, 0.15) is 25.2 Å². The number of imide groups is 1. The molecule has 0 saturated carbocycles. The smallest absolute Gasteiger partial charge is 0.293 e. The van der Waals surface area contributed by atoms with Crippen LogP contribution in [0.5, 0.6) is 0 Å². The maximum Gasteiger partial charge on any atom is 0.293 e. The second kappa shape index (κ2) is 7.78. The molecule has 1 aliphatic heterocycles. The molecule has 1 aromatic heterocycles. The summed E-state index contributed by atoms with van der Waals surface area (Å²) in [6, 6.07) is 9.36. The van der Waals surface area contributed by atoms with Gasteiger partial charge in [0.2, 0.25) is 0 Å². The monoisotopic (exact) mass is 374 g/mol. The topological polar surface area (TPSA) is 53.8 Å². The molecule has 1 aromatic carbocycles. The molecule has 2 aromatic rings. The van der Waals surface area contributed by atoms with E-state index >= 15 is 0 Å². The molecule has 0 N–H and O–H groups in total. The van der Waals surface area contributed by atoms with Crippen molar-refractivity contribution in [2.75, 3.05) is 18.0 Å². The Kier molecular flexibility index (Phi) is 5.46. The Balaban J connectivity index is 1.75. The van der Waals surface area contributed by atoms with Gasteiger partial charge in [-0.3, -0.25) is 14.5 Å². The highest BCUT2D eigenvalue weighted by Crippen LogP contribution is 2.34. The summed E-state index contributed by atoms with van der Waals surface area (Å²) >= 11 is 0.879. The number of benzene rings is 1. The highest BCUT2D eigenvalue weighted by molar-refractivity contribution is 8.18. The SMILES string of the molecule is CCN(CC)c1ccc(/C=C2\SC(=O)N(Cc3ccc(F)cc3)C2=O)o1. The minimum absolute atomic E-state index is 0.116. The summed E-state index contributed by atoms with van der Waals surface area (Å²) in [5, 5.41) is -0.346. The van der Waals surface area contributed by atoms with Crippen molar-refractivity contribution in [3.8, 4) is 0 Å². The first-order valence-corrected chi connectivity index (χ1v) is 9.18. The van der Waals surface area contributed by atoms with Gasteiger partial charge in [0, 0.05) is 25.2 Å². The number of anilines is 1. The quantitative estimate of drug-likeness (QED) is 0.697. The standard InChI is InChI=1S/C19H19FN2O3S/c1-3-21(4-2)17-10-9-15(25-17)11-16-18(23)22(19(24)26-16)12-13-5-7-14(20)8-6-13/h5-11H,3-4,12H2,1-2H3/b16-11-. The molecule has 0 spiro atoms. The molecular weight excluding hydrogens is 355 g/mol. The molecule has 0 bridgehead atoms. The van der Waals surface area contributed by atoms with Crippen LogP contribution in [0.25, 0.3) is 6.08 Å². The van der Waals surface area contributed by atoms with Crippen molar-refractivity contribution < 1.29 is 18.4 Å². The van der Waals surface area contributed by atoms with Crippen LogP contribution in [-0.4, -0.2) is 29.1 Å². The van der Waals surface area contributed by atoms with E-state index in [1.54, 1.807) is 24.3 Å². The number of thioether (sulfide) groups is 1. The van der Waals surface area contributed by atoms with Crippen LogP contribution < -0.4 is 4.90 Å². The van der Waals surface area contributed by atoms with E-state index in [0.717, 1.165) is 35.6 Å². The molecule has 0 aliphatic carbocycles. The molecule has 2 amide bonds. The van der Waals surface area contributed by atoms with E-state index in [4.69, 9.17) is 4.42 Å². The average Bonchev–Trinajstić information content (AvgIpc) is 3.18. The van der Waals surface area contributed by atoms with Crippen LogP contribution in [0.15, 0.2) is 45.7 Å². The number of carbonyl (C=O) groups is 2. The van der Waals surface area contributed by atoms with Gasteiger partial charge in [0.05, 0.1) is 11.4 Å². The van der Waals surface area contributed by atoms with Crippen molar-refractivity contribution in [3.63, 3.8) is 0 Å². The summed E-state index contributed by atoms with van der Waals surface area (Å²) in [4.78, 5) is 28.2. The zero-order valence-corrected chi connectivity index (χ0v) is 15.4. The minimum atomic E-state index is -0.370. The Bertz CT molecular complexity index is 841. The van der Waals surface area contributed by atoms with Crippen LogP contribution in [-0.2, 0) is 11.3 Å². The highest BCUT2D eigenvalue weighted by Gasteiger charge is 2.35. The van der Waals surface area contributed by atoms with Crippen molar-refractivity contribution >= 4 is 34.9 Å². The van der Waals surface area contributed by atoms with Gasteiger partial charge in [-0.05, 0) is 49.4 Å². The third-order valence-electron chi connectivity index (χ3n) is 4.09. The van der Waals surface area contributed by atoms with E-state index < -0.39 is 0 Å². The molecule has 1 aliphatic rings. The van der Waals surface area contributed by atoms with Crippen molar-refractivity contribution in [3.05, 3.63) is 58.4 Å². The lowest BCUT2D eigenvalue weighted by Crippen LogP contribution is -2.27. The van der Waals surface area contributed by atoms with Gasteiger partial charge in [-0.1, -0.05) is 12.1 Å². The number of furan rings is 1. The minimum Gasteiger partial charge on any atom is -0.441 e. The summed E-state index contributed by atoms with van der Waals surface area (Å²) in [5.41, 5.74) is 0.691. The van der Waals surface area contributed by atoms with E-state index in [1.807, 2.05) is 19.9 Å². The summed E-state index contributed by atoms with van der Waals surface area (Å²) in [6.07, 6.45) is 1.59. The third kappa shape index (κ3) is 3.83. The normalized spacial score (nSPS) is 16.0. The van der Waals surface area contributed by atoms with Crippen LogP contribution in [0, 0.1) is 5.82 Å². The van der Waals surface area contributed by atoms with E-state index in [9.17, 15) is 14.0 Å². The Morgan fingerprint density at radius 1 is 1.12 bits per heavy atom. The lowest BCUT2D eigenvalue weighted by atomic mass is 10.2. The van der Waals surface area contributed by atoms with Gasteiger partial charge in [-0.15, -0.1) is 0 Å². The second-order valence-electron chi connectivity index (χ2n) is 5.74. The number of rotatable bonds is 6. The molecule has 0 unspecified atom stereocenters. The maximum absolute atomic E-state index is 13.0. The molecule has 136 valence electrons. The van der Waals surface area contributed by atoms with Gasteiger partial charge in [-0.2, -0.15) is 0 Å². The molecular formula is C19H19FN2O3S. The van der Waals surface area contributed by atoms with Crippen molar-refractivity contribution in [1.82, 2.24) is 4.90 Å². The Morgan fingerprint density at radius 3 is 2.46 bits per heavy atom. The second-order valence-corrected chi connectivity index (χ2v) is 6.74. The van der Waals surface area contributed by atoms with Gasteiger partial charge in [0.1, 0.15) is 11.6 Å². The summed E-state index contributed by atoms with van der Waals surface area (Å²) in [5.74, 6) is 0.528. The van der Waals surface area contributed by atoms with Crippen LogP contribution >= 0.6 is 11.8 Å². The summed E-state index contributed by atoms with van der Waals surface area (Å²) in [6.45, 7) is 5.82. The molecule has 0 radical (unpaired) electrons. The first-order valence-electron chi connectivity index (χ1n) is 8.36. The van der Waals surface area contributed by atoms with Gasteiger partial charge < -0.3 is 9.32 Å². The summed E-state index contributed by atoms with van der Waals surface area (Å²) < 4.78 is 18.7. The van der Waals surface area contributed by atoms with Gasteiger partial charge >= 0.3 is 0 Å². The number of hydrogen-bond donors (Lipinski definition) is 0. The maximum atomic E-state index is 13.0. The first kappa shape index (κ1) is 18.3. The van der Waals surface area contributed by atoms with Gasteiger partial charge in [0.15, 0.2) is 5.88 Å². The molecule has 26 heavy (non-hydrogen) atoms. The number of carbonyl (C=O) groups excluding carboxylic acids is 2. The molecule has 2 heterocycles. The highest BCUT2D eigenvalue weighted by atomic mass is 32.2. The van der Waals surface area contributed by atoms with E-state index in [0.29, 0.717) is 16.2 Å². The van der Waals surface area contributed by atoms with Crippen molar-refractivity contribution in [2.45, 2.75) is 20.4 Å².